The van der Waals surface area contributed by atoms with Gasteiger partial charge < -0.3 is 5.11 Å². The lowest BCUT2D eigenvalue weighted by Gasteiger charge is -2.09. The molecule has 0 unspecified atom stereocenters. The van der Waals surface area contributed by atoms with E-state index in [1.165, 1.54) is 29.1 Å². The van der Waals surface area contributed by atoms with Crippen molar-refractivity contribution in [3.8, 4) is 16.9 Å². The molecule has 0 fully saturated rings. The highest BCUT2D eigenvalue weighted by atomic mass is 19.4. The molecule has 0 spiro atoms. The summed E-state index contributed by atoms with van der Waals surface area (Å²) in [5, 5.41) is 16.6. The molecule has 12 heteroatoms. The average Bonchev–Trinajstić information content (AvgIpc) is 3.33. The molecule has 0 aliphatic rings. The van der Waals surface area contributed by atoms with E-state index in [-0.39, 0.29) is 27.8 Å². The predicted molar refractivity (Wildman–Crippen MR) is 113 cm³/mol. The van der Waals surface area contributed by atoms with Crippen molar-refractivity contribution in [3.63, 3.8) is 0 Å². The van der Waals surface area contributed by atoms with Gasteiger partial charge in [-0.3, -0.25) is 14.6 Å². The maximum atomic E-state index is 13.9. The van der Waals surface area contributed by atoms with Crippen LogP contribution >= 0.6 is 0 Å². The molecule has 0 aliphatic heterocycles. The summed E-state index contributed by atoms with van der Waals surface area (Å²) in [6.45, 7) is 0. The summed E-state index contributed by atoms with van der Waals surface area (Å²) in [6.07, 6.45) is -3.17. The normalized spacial score (nSPS) is 12.0. The Bertz CT molecular complexity index is 1680. The van der Waals surface area contributed by atoms with Gasteiger partial charge in [-0.2, -0.15) is 18.3 Å². The van der Waals surface area contributed by atoms with Gasteiger partial charge in [-0.25, -0.2) is 18.9 Å². The van der Waals surface area contributed by atoms with Gasteiger partial charge in [0, 0.05) is 12.6 Å². The number of rotatable bonds is 3. The highest BCUT2D eigenvalue weighted by Gasteiger charge is 2.31. The molecule has 2 N–H and O–H groups in total. The number of nitrogens with zero attached hydrogens (tertiary/aromatic N) is 4. The summed E-state index contributed by atoms with van der Waals surface area (Å²) < 4.78 is 56.2. The molecule has 5 rings (SSSR count). The number of carboxylic acid groups (broad SMARTS) is 1. The maximum Gasteiger partial charge on any atom is 0.416 e. The Morgan fingerprint density at radius 1 is 1.15 bits per heavy atom. The molecule has 172 valence electrons. The summed E-state index contributed by atoms with van der Waals surface area (Å²) in [5.41, 5.74) is -1.67. The number of carbonyl (C=O) groups is 1. The van der Waals surface area contributed by atoms with E-state index in [1.807, 2.05) is 0 Å². The molecule has 8 nitrogen and oxygen atoms in total. The van der Waals surface area contributed by atoms with E-state index in [0.717, 1.165) is 28.9 Å². The second kappa shape index (κ2) is 7.27. The van der Waals surface area contributed by atoms with Crippen LogP contribution in [0.15, 0.2) is 53.5 Å². The molecule has 3 heterocycles. The number of aryl methyl sites for hydroxylation is 1. The Kier molecular flexibility index (Phi) is 4.57. The van der Waals surface area contributed by atoms with E-state index in [2.05, 4.69) is 15.2 Å². The number of H-pyrrole nitrogens is 1. The lowest BCUT2D eigenvalue weighted by Crippen LogP contribution is -2.16. The number of aromatic carboxylic acids is 1. The van der Waals surface area contributed by atoms with Crippen molar-refractivity contribution in [1.29, 1.82) is 0 Å². The molecule has 0 amide bonds. The van der Waals surface area contributed by atoms with Crippen LogP contribution in [0.4, 0.5) is 17.6 Å². The minimum atomic E-state index is -4.61. The number of halogens is 4. The minimum Gasteiger partial charge on any atom is -0.478 e. The smallest absolute Gasteiger partial charge is 0.416 e. The molecular weight excluding hydrogens is 458 g/mol. The number of hydrogen-bond acceptors (Lipinski definition) is 4. The number of fused-ring (bicyclic) bond motifs is 3. The van der Waals surface area contributed by atoms with Gasteiger partial charge in [0.15, 0.2) is 5.65 Å². The Morgan fingerprint density at radius 3 is 2.62 bits per heavy atom. The number of aromatic amines is 1. The van der Waals surface area contributed by atoms with Crippen LogP contribution in [0.1, 0.15) is 15.9 Å². The Morgan fingerprint density at radius 2 is 1.91 bits per heavy atom. The zero-order valence-corrected chi connectivity index (χ0v) is 17.2. The van der Waals surface area contributed by atoms with E-state index >= 15 is 0 Å². The van der Waals surface area contributed by atoms with Gasteiger partial charge in [-0.15, -0.1) is 0 Å². The van der Waals surface area contributed by atoms with Gasteiger partial charge in [0.05, 0.1) is 45.0 Å². The number of aromatic nitrogens is 5. The van der Waals surface area contributed by atoms with E-state index in [9.17, 15) is 32.3 Å². The molecule has 0 aliphatic carbocycles. The van der Waals surface area contributed by atoms with Gasteiger partial charge in [0.25, 0.3) is 5.56 Å². The number of alkyl halides is 3. The Balaban J connectivity index is 1.86. The molecule has 0 radical (unpaired) electrons. The first-order chi connectivity index (χ1) is 16.1. The lowest BCUT2D eigenvalue weighted by atomic mass is 10.0. The monoisotopic (exact) mass is 471 g/mol. The summed E-state index contributed by atoms with van der Waals surface area (Å²) in [5.74, 6) is -2.51. The summed E-state index contributed by atoms with van der Waals surface area (Å²) in [6, 6.07) is 7.50. The number of benzene rings is 2. The van der Waals surface area contributed by atoms with E-state index < -0.39 is 34.6 Å². The molecule has 0 atom stereocenters. The highest BCUT2D eigenvalue weighted by Crippen LogP contribution is 2.34. The third-order valence-electron chi connectivity index (χ3n) is 5.42. The lowest BCUT2D eigenvalue weighted by molar-refractivity contribution is -0.137. The van der Waals surface area contributed by atoms with Crippen LogP contribution < -0.4 is 5.56 Å². The van der Waals surface area contributed by atoms with Gasteiger partial charge in [-0.1, -0.05) is 12.1 Å². The summed E-state index contributed by atoms with van der Waals surface area (Å²) in [4.78, 5) is 29.2. The second-order valence-corrected chi connectivity index (χ2v) is 7.52. The van der Waals surface area contributed by atoms with Gasteiger partial charge >= 0.3 is 12.1 Å². The third-order valence-corrected chi connectivity index (χ3v) is 5.42. The van der Waals surface area contributed by atoms with Crippen molar-refractivity contribution in [2.75, 3.05) is 0 Å². The zero-order valence-electron chi connectivity index (χ0n) is 17.2. The first kappa shape index (κ1) is 21.4. The standard InChI is InChI=1S/C22H13F4N5O3/c1-30-19-14(9-27-30)18-16(17(28-19)10-3-2-4-11(7-10)22(24,25)26)20(32)31(29-18)12-5-6-15(23)13(8-12)21(33)34/h2-9,29H,1H3,(H,33,34). The van der Waals surface area contributed by atoms with E-state index in [4.69, 9.17) is 0 Å². The van der Waals surface area contributed by atoms with Crippen LogP contribution in [0.3, 0.4) is 0 Å². The molecule has 5 aromatic rings. The van der Waals surface area contributed by atoms with Crippen molar-refractivity contribution in [2.45, 2.75) is 6.18 Å². The fourth-order valence-corrected chi connectivity index (χ4v) is 3.80. The molecule has 0 bridgehead atoms. The van der Waals surface area contributed by atoms with Crippen LogP contribution in [0.5, 0.6) is 0 Å². The van der Waals surface area contributed by atoms with Crippen LogP contribution in [0, 0.1) is 5.82 Å². The topological polar surface area (TPSA) is 106 Å². The van der Waals surface area contributed by atoms with Gasteiger partial charge in [-0.05, 0) is 30.3 Å². The summed E-state index contributed by atoms with van der Waals surface area (Å²) >= 11 is 0. The minimum absolute atomic E-state index is 0.0160. The van der Waals surface area contributed by atoms with Gasteiger partial charge in [0.1, 0.15) is 5.82 Å². The van der Waals surface area contributed by atoms with E-state index in [0.29, 0.717) is 11.0 Å². The average molecular weight is 471 g/mol. The molecular formula is C22H13F4N5O3. The van der Waals surface area contributed by atoms with E-state index in [1.54, 1.807) is 7.05 Å². The van der Waals surface area contributed by atoms with Crippen LogP contribution in [-0.4, -0.2) is 35.6 Å². The molecule has 0 saturated carbocycles. The SMILES string of the molecule is Cn1ncc2c3[nH]n(-c4ccc(F)c(C(=O)O)c4)c(=O)c3c(-c3cccc(C(F)(F)F)c3)nc21. The Hall–Kier alpha value is -4.48. The number of nitrogens with one attached hydrogen (secondary N) is 1. The molecule has 2 aromatic carbocycles. The summed E-state index contributed by atoms with van der Waals surface area (Å²) in [7, 11) is 1.59. The van der Waals surface area contributed by atoms with Crippen LogP contribution in [-0.2, 0) is 13.2 Å². The fourth-order valence-electron chi connectivity index (χ4n) is 3.80. The van der Waals surface area contributed by atoms with Crippen molar-refractivity contribution in [3.05, 3.63) is 76.0 Å². The Labute approximate surface area is 186 Å². The first-order valence-electron chi connectivity index (χ1n) is 9.73. The van der Waals surface area contributed by atoms with Crippen LogP contribution in [0.25, 0.3) is 38.9 Å². The van der Waals surface area contributed by atoms with Gasteiger partial charge in [0.2, 0.25) is 0 Å². The largest absolute Gasteiger partial charge is 0.478 e. The molecule has 0 saturated heterocycles. The van der Waals surface area contributed by atoms with Crippen molar-refractivity contribution < 1.29 is 27.5 Å². The number of pyridine rings is 1. The maximum absolute atomic E-state index is 13.9. The second-order valence-electron chi connectivity index (χ2n) is 7.52. The number of hydrogen-bond donors (Lipinski definition) is 2. The fraction of sp³-hybridized carbons (Fsp3) is 0.0909. The number of carboxylic acids is 1. The van der Waals surface area contributed by atoms with Crippen LogP contribution in [0.2, 0.25) is 0 Å². The van der Waals surface area contributed by atoms with Crippen molar-refractivity contribution in [2.24, 2.45) is 7.05 Å². The first-order valence-corrected chi connectivity index (χ1v) is 9.73. The quantitative estimate of drug-likeness (QED) is 0.385. The zero-order chi connectivity index (χ0) is 24.4. The molecule has 3 aromatic heterocycles. The molecule has 34 heavy (non-hydrogen) atoms. The third kappa shape index (κ3) is 3.22. The van der Waals surface area contributed by atoms with Crippen molar-refractivity contribution in [1.82, 2.24) is 24.5 Å². The highest BCUT2D eigenvalue weighted by molar-refractivity contribution is 6.07. The van der Waals surface area contributed by atoms with Crippen molar-refractivity contribution >= 4 is 27.9 Å². The predicted octanol–water partition coefficient (Wildman–Crippen LogP) is 4.12.